The Morgan fingerprint density at radius 2 is 2.03 bits per heavy atom. The zero-order chi connectivity index (χ0) is 22.0. The number of carbonyl (C=O) groups is 1. The molecule has 0 bridgehead atoms. The second kappa shape index (κ2) is 8.55. The molecule has 1 aromatic heterocycles. The Bertz CT molecular complexity index is 1080. The van der Waals surface area contributed by atoms with Crippen LogP contribution >= 0.6 is 0 Å². The van der Waals surface area contributed by atoms with Crippen molar-refractivity contribution in [1.29, 1.82) is 0 Å². The zero-order valence-electron chi connectivity index (χ0n) is 16.7. The van der Waals surface area contributed by atoms with Crippen LogP contribution in [0.4, 0.5) is 13.2 Å². The van der Waals surface area contributed by atoms with Crippen LogP contribution < -0.4 is 0 Å². The van der Waals surface area contributed by atoms with E-state index in [9.17, 15) is 23.1 Å². The summed E-state index contributed by atoms with van der Waals surface area (Å²) >= 11 is 0. The van der Waals surface area contributed by atoms with Gasteiger partial charge < -0.3 is 15.0 Å². The van der Waals surface area contributed by atoms with E-state index in [0.29, 0.717) is 49.0 Å². The number of aliphatic hydroxyl groups excluding tert-OH is 1. The van der Waals surface area contributed by atoms with Crippen LogP contribution in [-0.2, 0) is 37.0 Å². The van der Waals surface area contributed by atoms with Gasteiger partial charge in [-0.1, -0.05) is 24.3 Å². The van der Waals surface area contributed by atoms with E-state index in [-0.39, 0.29) is 12.5 Å². The Morgan fingerprint density at radius 1 is 1.19 bits per heavy atom. The first kappa shape index (κ1) is 21.1. The van der Waals surface area contributed by atoms with Crippen molar-refractivity contribution >= 4 is 5.91 Å². The van der Waals surface area contributed by atoms with Crippen LogP contribution in [0.5, 0.6) is 0 Å². The number of benzene rings is 2. The van der Waals surface area contributed by atoms with Crippen molar-refractivity contribution in [2.75, 3.05) is 6.54 Å². The third-order valence-electron chi connectivity index (χ3n) is 5.68. The number of aromatic amines is 1. The number of aryl methyl sites for hydroxylation is 1. The minimum atomic E-state index is -4.46. The molecule has 3 aromatic rings. The Balaban J connectivity index is 1.59. The molecule has 5 nitrogen and oxygen atoms in total. The summed E-state index contributed by atoms with van der Waals surface area (Å²) in [6.45, 7) is 0.562. The van der Waals surface area contributed by atoms with E-state index in [1.165, 1.54) is 6.07 Å². The van der Waals surface area contributed by atoms with Crippen molar-refractivity contribution in [2.45, 2.75) is 38.6 Å². The predicted molar refractivity (Wildman–Crippen MR) is 109 cm³/mol. The van der Waals surface area contributed by atoms with Crippen LogP contribution in [0.25, 0.3) is 11.1 Å². The summed E-state index contributed by atoms with van der Waals surface area (Å²) in [5.74, 6) is 0.0285. The number of aliphatic hydroxyl groups is 1. The van der Waals surface area contributed by atoms with E-state index < -0.39 is 11.7 Å². The Morgan fingerprint density at radius 3 is 2.74 bits per heavy atom. The fraction of sp³-hybridized carbons (Fsp3) is 0.304. The van der Waals surface area contributed by atoms with Crippen molar-refractivity contribution in [2.24, 2.45) is 0 Å². The quantitative estimate of drug-likeness (QED) is 0.642. The van der Waals surface area contributed by atoms with Crippen molar-refractivity contribution in [1.82, 2.24) is 14.9 Å². The van der Waals surface area contributed by atoms with E-state index in [2.05, 4.69) is 9.97 Å². The number of nitrogens with one attached hydrogen (secondary N) is 1. The smallest absolute Gasteiger partial charge is 0.392 e. The molecule has 0 saturated carbocycles. The highest BCUT2D eigenvalue weighted by atomic mass is 19.4. The van der Waals surface area contributed by atoms with Gasteiger partial charge in [0.2, 0.25) is 5.91 Å². The minimum absolute atomic E-state index is 0.0285. The van der Waals surface area contributed by atoms with Gasteiger partial charge in [-0.2, -0.15) is 13.2 Å². The molecule has 0 radical (unpaired) electrons. The molecule has 0 fully saturated rings. The lowest BCUT2D eigenvalue weighted by molar-refractivity contribution is -0.137. The molecule has 2 N–H and O–H groups in total. The van der Waals surface area contributed by atoms with E-state index in [1.54, 1.807) is 29.6 Å². The van der Waals surface area contributed by atoms with Crippen molar-refractivity contribution in [3.63, 3.8) is 0 Å². The van der Waals surface area contributed by atoms with E-state index in [1.807, 2.05) is 6.07 Å². The molecule has 31 heavy (non-hydrogen) atoms. The maximum absolute atomic E-state index is 13.3. The van der Waals surface area contributed by atoms with Crippen LogP contribution in [0.2, 0.25) is 0 Å². The van der Waals surface area contributed by atoms with Crippen molar-refractivity contribution in [3.05, 3.63) is 76.9 Å². The van der Waals surface area contributed by atoms with Gasteiger partial charge in [-0.25, -0.2) is 4.98 Å². The number of carbonyl (C=O) groups excluding carboxylic acids is 1. The van der Waals surface area contributed by atoms with Crippen LogP contribution in [0.3, 0.4) is 0 Å². The lowest BCUT2D eigenvalue weighted by Gasteiger charge is -2.31. The first-order chi connectivity index (χ1) is 14.9. The van der Waals surface area contributed by atoms with Gasteiger partial charge in [-0.15, -0.1) is 0 Å². The maximum Gasteiger partial charge on any atom is 0.416 e. The monoisotopic (exact) mass is 429 g/mol. The first-order valence-corrected chi connectivity index (χ1v) is 10.0. The summed E-state index contributed by atoms with van der Waals surface area (Å²) in [4.78, 5) is 21.4. The van der Waals surface area contributed by atoms with Crippen LogP contribution in [0, 0.1) is 0 Å². The van der Waals surface area contributed by atoms with Gasteiger partial charge in [0, 0.05) is 31.4 Å². The van der Waals surface area contributed by atoms with Gasteiger partial charge in [-0.05, 0) is 52.8 Å². The highest BCUT2D eigenvalue weighted by molar-refractivity contribution is 5.78. The number of rotatable bonds is 5. The molecule has 0 unspecified atom stereocenters. The van der Waals surface area contributed by atoms with Crippen molar-refractivity contribution < 1.29 is 23.1 Å². The zero-order valence-corrected chi connectivity index (χ0v) is 16.7. The minimum Gasteiger partial charge on any atom is -0.392 e. The highest BCUT2D eigenvalue weighted by Gasteiger charge is 2.31. The van der Waals surface area contributed by atoms with Gasteiger partial charge in [0.05, 0.1) is 18.5 Å². The maximum atomic E-state index is 13.3. The summed E-state index contributed by atoms with van der Waals surface area (Å²) in [6, 6.07) is 8.88. The number of amides is 1. The predicted octanol–water partition coefficient (Wildman–Crippen LogP) is 4.11. The SMILES string of the molecule is O=C(CCc1cnc[nH]1)N1CCc2c(cccc2-c2cc(C(F)(F)F)ccc2CO)C1. The van der Waals surface area contributed by atoms with Gasteiger partial charge in [0.25, 0.3) is 0 Å². The number of imidazole rings is 1. The topological polar surface area (TPSA) is 69.2 Å². The van der Waals surface area contributed by atoms with Gasteiger partial charge in [-0.3, -0.25) is 4.79 Å². The van der Waals surface area contributed by atoms with Gasteiger partial charge >= 0.3 is 6.18 Å². The molecule has 8 heteroatoms. The Hall–Kier alpha value is -3.13. The van der Waals surface area contributed by atoms with E-state index in [4.69, 9.17) is 0 Å². The molecule has 2 aromatic carbocycles. The lowest BCUT2D eigenvalue weighted by atomic mass is 9.88. The average molecular weight is 429 g/mol. The standard InChI is InChI=1S/C23H22F3N3O2/c24-23(25,26)17-5-4-16(13-30)21(10-17)20-3-1-2-15-12-29(9-8-19(15)20)22(31)7-6-18-11-27-14-28-18/h1-5,10-11,14,30H,6-9,12-13H2,(H,27,28). The number of aromatic nitrogens is 2. The van der Waals surface area contributed by atoms with Crippen LogP contribution in [-0.4, -0.2) is 32.4 Å². The third kappa shape index (κ3) is 4.49. The molecular formula is C23H22F3N3O2. The molecule has 0 spiro atoms. The summed E-state index contributed by atoms with van der Waals surface area (Å²) in [5, 5.41) is 9.69. The lowest BCUT2D eigenvalue weighted by Crippen LogP contribution is -2.36. The Labute approximate surface area is 177 Å². The molecule has 1 aliphatic rings. The van der Waals surface area contributed by atoms with E-state index in [0.717, 1.165) is 29.0 Å². The molecule has 4 rings (SSSR count). The molecule has 0 saturated heterocycles. The summed E-state index contributed by atoms with van der Waals surface area (Å²) < 4.78 is 39.8. The van der Waals surface area contributed by atoms with E-state index >= 15 is 0 Å². The molecule has 1 aliphatic heterocycles. The third-order valence-corrected chi connectivity index (χ3v) is 5.68. The molecule has 0 aliphatic carbocycles. The highest BCUT2D eigenvalue weighted by Crippen LogP contribution is 2.37. The average Bonchev–Trinajstić information content (AvgIpc) is 3.29. The second-order valence-corrected chi connectivity index (χ2v) is 7.61. The molecule has 1 amide bonds. The molecule has 162 valence electrons. The second-order valence-electron chi connectivity index (χ2n) is 7.61. The summed E-state index contributed by atoms with van der Waals surface area (Å²) in [7, 11) is 0. The molecular weight excluding hydrogens is 407 g/mol. The number of alkyl halides is 3. The number of hydrogen-bond donors (Lipinski definition) is 2. The number of hydrogen-bond acceptors (Lipinski definition) is 3. The normalized spacial score (nSPS) is 13.9. The van der Waals surface area contributed by atoms with Gasteiger partial charge in [0.1, 0.15) is 0 Å². The number of fused-ring (bicyclic) bond motifs is 1. The largest absolute Gasteiger partial charge is 0.416 e. The van der Waals surface area contributed by atoms with Crippen LogP contribution in [0.15, 0.2) is 48.9 Å². The number of nitrogens with zero attached hydrogens (tertiary/aromatic N) is 2. The van der Waals surface area contributed by atoms with Gasteiger partial charge in [0.15, 0.2) is 0 Å². The molecule has 2 heterocycles. The van der Waals surface area contributed by atoms with Crippen LogP contribution in [0.1, 0.15) is 34.4 Å². The fourth-order valence-corrected chi connectivity index (χ4v) is 4.04. The Kier molecular flexibility index (Phi) is 5.82. The fourth-order valence-electron chi connectivity index (χ4n) is 4.04. The summed E-state index contributed by atoms with van der Waals surface area (Å²) in [6.07, 6.45) is 0.287. The number of halogens is 3. The first-order valence-electron chi connectivity index (χ1n) is 10.0. The molecule has 0 atom stereocenters. The van der Waals surface area contributed by atoms with Crippen molar-refractivity contribution in [3.8, 4) is 11.1 Å². The number of H-pyrrole nitrogens is 1. The summed E-state index contributed by atoms with van der Waals surface area (Å²) in [5.41, 5.74) is 3.50.